The third-order valence-corrected chi connectivity index (χ3v) is 7.68. The molecule has 26 heavy (non-hydrogen) atoms. The normalized spacial score (nSPS) is 40.6. The van der Waals surface area contributed by atoms with E-state index in [4.69, 9.17) is 0 Å². The molecule has 0 saturated heterocycles. The molecule has 0 heterocycles. The lowest BCUT2D eigenvalue weighted by molar-refractivity contribution is -0.0122. The lowest BCUT2D eigenvalue weighted by Crippen LogP contribution is -2.39. The summed E-state index contributed by atoms with van der Waals surface area (Å²) in [5.74, 6) is 4.31. The van der Waals surface area contributed by atoms with Gasteiger partial charge < -0.3 is 10.2 Å². The van der Waals surface area contributed by atoms with Gasteiger partial charge in [0.1, 0.15) is 0 Å². The highest BCUT2D eigenvalue weighted by atomic mass is 16.3. The molecule has 0 spiro atoms. The molecule has 2 N–H and O–H groups in total. The topological polar surface area (TPSA) is 40.5 Å². The molecule has 0 bridgehead atoms. The van der Waals surface area contributed by atoms with Crippen LogP contribution < -0.4 is 0 Å². The van der Waals surface area contributed by atoms with Crippen LogP contribution in [-0.2, 0) is 0 Å². The van der Waals surface area contributed by atoms with Crippen LogP contribution in [0.15, 0.2) is 0 Å². The van der Waals surface area contributed by atoms with Gasteiger partial charge in [-0.3, -0.25) is 0 Å². The van der Waals surface area contributed by atoms with Gasteiger partial charge in [0, 0.05) is 0 Å². The SMILES string of the molecule is CCCC(C)CCC[C@@H]1C[C@H](O)C[C@@H]2C(C)CC[C@@H](O)CC(C)CCC12. The molecular weight excluding hydrogens is 320 g/mol. The first kappa shape index (κ1) is 22.2. The second-order valence-corrected chi connectivity index (χ2v) is 10.2. The Hall–Kier alpha value is -0.0800. The van der Waals surface area contributed by atoms with Crippen LogP contribution in [0.1, 0.15) is 105 Å². The average Bonchev–Trinajstić information content (AvgIpc) is 2.58. The minimum Gasteiger partial charge on any atom is -0.393 e. The summed E-state index contributed by atoms with van der Waals surface area (Å²) in [4.78, 5) is 0. The van der Waals surface area contributed by atoms with Gasteiger partial charge in [-0.1, -0.05) is 66.2 Å². The summed E-state index contributed by atoms with van der Waals surface area (Å²) >= 11 is 0. The molecule has 2 saturated carbocycles. The minimum atomic E-state index is -0.117. The van der Waals surface area contributed by atoms with Crippen molar-refractivity contribution in [3.8, 4) is 0 Å². The van der Waals surface area contributed by atoms with E-state index in [1.54, 1.807) is 0 Å². The summed E-state index contributed by atoms with van der Waals surface area (Å²) in [5, 5.41) is 20.9. The summed E-state index contributed by atoms with van der Waals surface area (Å²) in [7, 11) is 0. The van der Waals surface area contributed by atoms with E-state index in [1.165, 1.54) is 44.9 Å². The predicted molar refractivity (Wildman–Crippen MR) is 111 cm³/mol. The molecule has 0 aromatic rings. The van der Waals surface area contributed by atoms with Crippen molar-refractivity contribution in [3.05, 3.63) is 0 Å². The van der Waals surface area contributed by atoms with Crippen molar-refractivity contribution in [2.24, 2.45) is 35.5 Å². The van der Waals surface area contributed by atoms with Gasteiger partial charge in [0.15, 0.2) is 0 Å². The Labute approximate surface area is 163 Å². The van der Waals surface area contributed by atoms with Crippen LogP contribution in [0.25, 0.3) is 0 Å². The van der Waals surface area contributed by atoms with Gasteiger partial charge in [-0.05, 0) is 74.0 Å². The van der Waals surface area contributed by atoms with Gasteiger partial charge in [0.05, 0.1) is 12.2 Å². The molecule has 8 atom stereocenters. The van der Waals surface area contributed by atoms with Crippen LogP contribution in [-0.4, -0.2) is 22.4 Å². The second-order valence-electron chi connectivity index (χ2n) is 10.2. The Morgan fingerprint density at radius 1 is 0.846 bits per heavy atom. The quantitative estimate of drug-likeness (QED) is 0.588. The highest BCUT2D eigenvalue weighted by Gasteiger charge is 2.39. The van der Waals surface area contributed by atoms with Crippen LogP contribution in [0.4, 0.5) is 0 Å². The molecular formula is C24H46O2. The minimum absolute atomic E-state index is 0.0953. The van der Waals surface area contributed by atoms with E-state index in [9.17, 15) is 10.2 Å². The number of aliphatic hydroxyl groups is 2. The van der Waals surface area contributed by atoms with Gasteiger partial charge in [-0.25, -0.2) is 0 Å². The van der Waals surface area contributed by atoms with Crippen LogP contribution in [0, 0.1) is 35.5 Å². The zero-order chi connectivity index (χ0) is 19.1. The van der Waals surface area contributed by atoms with E-state index in [2.05, 4.69) is 27.7 Å². The van der Waals surface area contributed by atoms with Crippen LogP contribution in [0.3, 0.4) is 0 Å². The highest BCUT2D eigenvalue weighted by molar-refractivity contribution is 4.89. The van der Waals surface area contributed by atoms with Gasteiger partial charge in [-0.15, -0.1) is 0 Å². The van der Waals surface area contributed by atoms with Crippen LogP contribution in [0.5, 0.6) is 0 Å². The standard InChI is InChI=1S/C24H46O2/c1-5-7-17(2)8-6-9-20-15-22(26)16-24-19(4)11-12-21(25)14-18(3)10-13-23(20)24/h17-26H,5-16H2,1-4H3/t17?,18?,19?,20-,21-,22+,23?,24-/m1/s1. The van der Waals surface area contributed by atoms with Crippen molar-refractivity contribution in [2.45, 2.75) is 117 Å². The summed E-state index contributed by atoms with van der Waals surface area (Å²) in [6, 6.07) is 0. The molecule has 2 aliphatic carbocycles. The lowest BCUT2D eigenvalue weighted by Gasteiger charge is -2.45. The Bertz CT molecular complexity index is 382. The molecule has 2 nitrogen and oxygen atoms in total. The van der Waals surface area contributed by atoms with Crippen molar-refractivity contribution >= 4 is 0 Å². The first-order valence-corrected chi connectivity index (χ1v) is 11.8. The molecule has 4 unspecified atom stereocenters. The third kappa shape index (κ3) is 6.82. The summed E-state index contributed by atoms with van der Waals surface area (Å²) in [6.07, 6.45) is 14.1. The Morgan fingerprint density at radius 2 is 1.62 bits per heavy atom. The highest BCUT2D eigenvalue weighted by Crippen LogP contribution is 2.46. The van der Waals surface area contributed by atoms with E-state index in [-0.39, 0.29) is 12.2 Å². The molecule has 0 aliphatic heterocycles. The molecule has 154 valence electrons. The van der Waals surface area contributed by atoms with Gasteiger partial charge in [0.2, 0.25) is 0 Å². The maximum Gasteiger partial charge on any atom is 0.0545 e. The molecule has 0 amide bonds. The fraction of sp³-hybridized carbons (Fsp3) is 1.00. The van der Waals surface area contributed by atoms with Crippen molar-refractivity contribution in [3.63, 3.8) is 0 Å². The van der Waals surface area contributed by atoms with Gasteiger partial charge in [0.25, 0.3) is 0 Å². The van der Waals surface area contributed by atoms with E-state index in [0.717, 1.165) is 49.9 Å². The third-order valence-electron chi connectivity index (χ3n) is 7.68. The number of aliphatic hydroxyl groups excluding tert-OH is 2. The maximum atomic E-state index is 10.6. The molecule has 0 radical (unpaired) electrons. The largest absolute Gasteiger partial charge is 0.393 e. The molecule has 0 aromatic carbocycles. The Morgan fingerprint density at radius 3 is 2.35 bits per heavy atom. The number of hydrogen-bond acceptors (Lipinski definition) is 2. The number of fused-ring (bicyclic) bond motifs is 1. The number of rotatable bonds is 6. The molecule has 2 rings (SSSR count). The van der Waals surface area contributed by atoms with Crippen LogP contribution in [0.2, 0.25) is 0 Å². The fourth-order valence-electron chi connectivity index (χ4n) is 6.11. The zero-order valence-electron chi connectivity index (χ0n) is 18.0. The van der Waals surface area contributed by atoms with Crippen molar-refractivity contribution in [2.75, 3.05) is 0 Å². The number of hydrogen-bond donors (Lipinski definition) is 2. The summed E-state index contributed by atoms with van der Waals surface area (Å²) in [5.41, 5.74) is 0. The van der Waals surface area contributed by atoms with Gasteiger partial charge >= 0.3 is 0 Å². The van der Waals surface area contributed by atoms with E-state index in [0.29, 0.717) is 17.8 Å². The first-order valence-electron chi connectivity index (χ1n) is 11.8. The van der Waals surface area contributed by atoms with E-state index < -0.39 is 0 Å². The first-order chi connectivity index (χ1) is 12.4. The van der Waals surface area contributed by atoms with Crippen LogP contribution >= 0.6 is 0 Å². The molecule has 2 heteroatoms. The molecule has 0 aromatic heterocycles. The average molecular weight is 367 g/mol. The summed E-state index contributed by atoms with van der Waals surface area (Å²) in [6.45, 7) is 9.40. The Balaban J connectivity index is 2.00. The predicted octanol–water partition coefficient (Wildman–Crippen LogP) is 6.19. The smallest absolute Gasteiger partial charge is 0.0545 e. The summed E-state index contributed by atoms with van der Waals surface area (Å²) < 4.78 is 0. The Kier molecular flexibility index (Phi) is 9.44. The van der Waals surface area contributed by atoms with Gasteiger partial charge in [-0.2, -0.15) is 0 Å². The van der Waals surface area contributed by atoms with Crippen molar-refractivity contribution in [1.29, 1.82) is 0 Å². The second kappa shape index (κ2) is 11.1. The van der Waals surface area contributed by atoms with E-state index in [1.807, 2.05) is 0 Å². The zero-order valence-corrected chi connectivity index (χ0v) is 18.0. The van der Waals surface area contributed by atoms with Crippen molar-refractivity contribution in [1.82, 2.24) is 0 Å². The molecule has 2 aliphatic rings. The van der Waals surface area contributed by atoms with Crippen molar-refractivity contribution < 1.29 is 10.2 Å². The maximum absolute atomic E-state index is 10.6. The lowest BCUT2D eigenvalue weighted by atomic mass is 9.62. The fourth-order valence-corrected chi connectivity index (χ4v) is 6.11. The van der Waals surface area contributed by atoms with E-state index >= 15 is 0 Å². The monoisotopic (exact) mass is 366 g/mol. The molecule has 2 fully saturated rings.